The molecule has 1 aromatic carbocycles. The summed E-state index contributed by atoms with van der Waals surface area (Å²) in [6.45, 7) is 0. The molecule has 0 heterocycles. The van der Waals surface area contributed by atoms with Crippen molar-refractivity contribution < 1.29 is 19.4 Å². The van der Waals surface area contributed by atoms with Crippen molar-refractivity contribution in [3.8, 4) is 11.8 Å². The van der Waals surface area contributed by atoms with Crippen LogP contribution < -0.4 is 5.73 Å². The van der Waals surface area contributed by atoms with E-state index in [-0.39, 0.29) is 28.9 Å². The zero-order chi connectivity index (χ0) is 13.7. The molecule has 1 atom stereocenters. The highest BCUT2D eigenvalue weighted by Crippen LogP contribution is 2.29. The number of benzene rings is 1. The minimum atomic E-state index is -0.779. The van der Waals surface area contributed by atoms with E-state index in [0.29, 0.717) is 6.29 Å². The average Bonchev–Trinajstić information content (AvgIpc) is 2.38. The molecule has 18 heavy (non-hydrogen) atoms. The van der Waals surface area contributed by atoms with Crippen LogP contribution in [0.15, 0.2) is 12.1 Å². The Morgan fingerprint density at radius 1 is 1.67 bits per heavy atom. The van der Waals surface area contributed by atoms with Crippen LogP contribution >= 0.6 is 0 Å². The maximum atomic E-state index is 11.4. The second kappa shape index (κ2) is 5.80. The number of aromatic hydroxyl groups is 1. The van der Waals surface area contributed by atoms with Crippen molar-refractivity contribution in [1.29, 1.82) is 5.26 Å². The largest absolute Gasteiger partial charge is 0.507 e. The Labute approximate surface area is 104 Å². The van der Waals surface area contributed by atoms with E-state index >= 15 is 0 Å². The van der Waals surface area contributed by atoms with Gasteiger partial charge in [-0.05, 0) is 12.1 Å². The van der Waals surface area contributed by atoms with Crippen molar-refractivity contribution >= 4 is 12.3 Å². The van der Waals surface area contributed by atoms with E-state index in [0.717, 1.165) is 0 Å². The first-order valence-electron chi connectivity index (χ1n) is 5.08. The van der Waals surface area contributed by atoms with Gasteiger partial charge < -0.3 is 15.6 Å². The van der Waals surface area contributed by atoms with Crippen LogP contribution in [-0.2, 0) is 4.74 Å². The smallest absolute Gasteiger partial charge is 0.337 e. The van der Waals surface area contributed by atoms with Crippen molar-refractivity contribution in [1.82, 2.24) is 0 Å². The number of nitrogens with zero attached hydrogens (tertiary/aromatic N) is 1. The van der Waals surface area contributed by atoms with Crippen LogP contribution in [0.4, 0.5) is 0 Å². The van der Waals surface area contributed by atoms with Gasteiger partial charge in [-0.25, -0.2) is 4.79 Å². The summed E-state index contributed by atoms with van der Waals surface area (Å²) in [4.78, 5) is 22.2. The number of hydrogen-bond acceptors (Lipinski definition) is 6. The van der Waals surface area contributed by atoms with Gasteiger partial charge in [0.2, 0.25) is 0 Å². The predicted octanol–water partition coefficient (Wildman–Crippen LogP) is 0.905. The van der Waals surface area contributed by atoms with Gasteiger partial charge >= 0.3 is 5.97 Å². The first kappa shape index (κ1) is 13.7. The molecule has 0 saturated heterocycles. The lowest BCUT2D eigenvalue weighted by Gasteiger charge is -2.13. The van der Waals surface area contributed by atoms with E-state index in [4.69, 9.17) is 11.0 Å². The molecular formula is C12H12N2O4. The molecule has 0 aliphatic carbocycles. The number of ether oxygens (including phenoxy) is 1. The fourth-order valence-corrected chi connectivity index (χ4v) is 1.50. The maximum absolute atomic E-state index is 11.4. The molecule has 0 radical (unpaired) electrons. The summed E-state index contributed by atoms with van der Waals surface area (Å²) in [5.41, 5.74) is 5.89. The fourth-order valence-electron chi connectivity index (χ4n) is 1.50. The molecule has 0 spiro atoms. The molecular weight excluding hydrogens is 236 g/mol. The van der Waals surface area contributed by atoms with Crippen molar-refractivity contribution in [3.05, 3.63) is 28.8 Å². The van der Waals surface area contributed by atoms with Crippen molar-refractivity contribution in [2.75, 3.05) is 7.11 Å². The first-order valence-corrected chi connectivity index (χ1v) is 5.08. The molecule has 3 N–H and O–H groups in total. The molecule has 0 aliphatic heterocycles. The zero-order valence-electron chi connectivity index (χ0n) is 9.71. The lowest BCUT2D eigenvalue weighted by molar-refractivity contribution is 0.0600. The van der Waals surface area contributed by atoms with E-state index in [1.165, 1.54) is 19.2 Å². The predicted molar refractivity (Wildman–Crippen MR) is 62.0 cm³/mol. The van der Waals surface area contributed by atoms with Crippen LogP contribution in [0.1, 0.15) is 38.7 Å². The number of nitrogens with two attached hydrogens (primary N) is 1. The van der Waals surface area contributed by atoms with Gasteiger partial charge in [-0.1, -0.05) is 0 Å². The number of rotatable bonds is 4. The summed E-state index contributed by atoms with van der Waals surface area (Å²) in [6, 6.07) is 3.59. The number of aldehydes is 1. The van der Waals surface area contributed by atoms with Gasteiger partial charge in [0.1, 0.15) is 5.75 Å². The highest BCUT2D eigenvalue weighted by molar-refractivity contribution is 5.93. The number of phenolic OH excluding ortho intramolecular Hbond substituents is 1. The summed E-state index contributed by atoms with van der Waals surface area (Å²) < 4.78 is 4.53. The Morgan fingerprint density at radius 2 is 2.33 bits per heavy atom. The Kier molecular flexibility index (Phi) is 4.40. The normalized spacial score (nSPS) is 11.4. The van der Waals surface area contributed by atoms with Gasteiger partial charge in [0.25, 0.3) is 0 Å². The molecule has 6 nitrogen and oxygen atoms in total. The van der Waals surface area contributed by atoms with Gasteiger partial charge in [0.05, 0.1) is 30.7 Å². The third-order valence-corrected chi connectivity index (χ3v) is 2.43. The van der Waals surface area contributed by atoms with Crippen molar-refractivity contribution in [2.45, 2.75) is 12.5 Å². The van der Waals surface area contributed by atoms with Crippen molar-refractivity contribution in [3.63, 3.8) is 0 Å². The van der Waals surface area contributed by atoms with Crippen LogP contribution in [0, 0.1) is 11.3 Å². The molecule has 94 valence electrons. The Balaban J connectivity index is 3.36. The van der Waals surface area contributed by atoms with Gasteiger partial charge in [0, 0.05) is 11.6 Å². The number of carbonyl (C=O) groups is 2. The van der Waals surface area contributed by atoms with E-state index < -0.39 is 12.0 Å². The summed E-state index contributed by atoms with van der Waals surface area (Å²) in [5.74, 6) is -0.969. The Morgan fingerprint density at radius 3 is 2.83 bits per heavy atom. The number of methoxy groups -OCH3 is 1. The second-order valence-electron chi connectivity index (χ2n) is 3.58. The van der Waals surface area contributed by atoms with E-state index in [9.17, 15) is 14.7 Å². The van der Waals surface area contributed by atoms with Crippen LogP contribution in [-0.4, -0.2) is 24.5 Å². The van der Waals surface area contributed by atoms with E-state index in [1.807, 2.05) is 6.07 Å². The van der Waals surface area contributed by atoms with Crippen LogP contribution in [0.2, 0.25) is 0 Å². The number of phenols is 1. The lowest BCUT2D eigenvalue weighted by Crippen LogP contribution is -2.12. The maximum Gasteiger partial charge on any atom is 0.337 e. The van der Waals surface area contributed by atoms with Crippen LogP contribution in [0.5, 0.6) is 5.75 Å². The molecule has 0 fully saturated rings. The van der Waals surface area contributed by atoms with Crippen molar-refractivity contribution in [2.24, 2.45) is 5.73 Å². The number of esters is 1. The first-order chi connectivity index (χ1) is 8.54. The summed E-state index contributed by atoms with van der Waals surface area (Å²) in [7, 11) is 1.20. The molecule has 0 saturated carbocycles. The highest BCUT2D eigenvalue weighted by Gasteiger charge is 2.18. The monoisotopic (exact) mass is 248 g/mol. The quantitative estimate of drug-likeness (QED) is 0.604. The summed E-state index contributed by atoms with van der Waals surface area (Å²) in [5, 5.41) is 18.4. The fraction of sp³-hybridized carbons (Fsp3) is 0.250. The summed E-state index contributed by atoms with van der Waals surface area (Å²) >= 11 is 0. The molecule has 1 aromatic rings. The number of carbonyl (C=O) groups excluding carboxylic acids is 2. The SMILES string of the molecule is COC(=O)c1cc(C=O)c(O)c([C@H](N)CC#N)c1. The van der Waals surface area contributed by atoms with Gasteiger partial charge in [-0.2, -0.15) is 5.26 Å². The Bertz CT molecular complexity index is 520. The van der Waals surface area contributed by atoms with Gasteiger partial charge in [0.15, 0.2) is 6.29 Å². The molecule has 0 amide bonds. The third-order valence-electron chi connectivity index (χ3n) is 2.43. The van der Waals surface area contributed by atoms with E-state index in [2.05, 4.69) is 4.74 Å². The summed E-state index contributed by atoms with van der Waals surface area (Å²) in [6.07, 6.45) is 0.362. The molecule has 0 aliphatic rings. The van der Waals surface area contributed by atoms with Gasteiger partial charge in [-0.15, -0.1) is 0 Å². The highest BCUT2D eigenvalue weighted by atomic mass is 16.5. The van der Waals surface area contributed by atoms with Crippen LogP contribution in [0.3, 0.4) is 0 Å². The van der Waals surface area contributed by atoms with Crippen LogP contribution in [0.25, 0.3) is 0 Å². The minimum absolute atomic E-state index is 0.0452. The molecule has 0 aromatic heterocycles. The number of hydrogen-bond donors (Lipinski definition) is 2. The number of nitriles is 1. The van der Waals surface area contributed by atoms with E-state index in [1.54, 1.807) is 0 Å². The van der Waals surface area contributed by atoms with Gasteiger partial charge in [-0.3, -0.25) is 4.79 Å². The molecule has 1 rings (SSSR count). The standard InChI is InChI=1S/C12H12N2O4/c1-18-12(17)7-4-8(6-15)11(16)9(5-7)10(14)2-3-13/h4-6,10,16H,2,14H2,1H3/t10-/m1/s1. The zero-order valence-corrected chi connectivity index (χ0v) is 9.71. The third kappa shape index (κ3) is 2.64. The topological polar surface area (TPSA) is 113 Å². The molecule has 0 unspecified atom stereocenters. The molecule has 0 bridgehead atoms. The molecule has 6 heteroatoms. The minimum Gasteiger partial charge on any atom is -0.507 e. The lowest BCUT2D eigenvalue weighted by atomic mass is 9.98. The Hall–Kier alpha value is -2.39. The second-order valence-corrected chi connectivity index (χ2v) is 3.58. The average molecular weight is 248 g/mol.